The topological polar surface area (TPSA) is 0 Å². The zero-order valence-corrected chi connectivity index (χ0v) is 14.9. The molecule has 0 amide bonds. The Kier molecular flexibility index (Phi) is 20.2. The van der Waals surface area contributed by atoms with E-state index in [1.165, 1.54) is 70.6 Å². The zero-order chi connectivity index (χ0) is 14.9. The van der Waals surface area contributed by atoms with Crippen LogP contribution in [0.2, 0.25) is 0 Å². The maximum atomic E-state index is 2.38. The Morgan fingerprint density at radius 2 is 0.895 bits per heavy atom. The van der Waals surface area contributed by atoms with E-state index in [-0.39, 0.29) is 0 Å². The van der Waals surface area contributed by atoms with Crippen molar-refractivity contribution in [3.63, 3.8) is 0 Å². The summed E-state index contributed by atoms with van der Waals surface area (Å²) in [5, 5.41) is 0. The standard InChI is InChI=1S/C11H24.C8H18/c1-4-6-7-8-10-11(3)9-5-2;1-4-6-8(3)7-5-2/h11H,4-10H2,1-3H3;8H,4-7H2,1-3H3. The molecular weight excluding hydrogens is 228 g/mol. The summed E-state index contributed by atoms with van der Waals surface area (Å²) < 4.78 is 0. The first kappa shape index (κ1) is 21.3. The molecule has 0 aliphatic heterocycles. The van der Waals surface area contributed by atoms with Gasteiger partial charge in [-0.3, -0.25) is 0 Å². The zero-order valence-electron chi connectivity index (χ0n) is 14.9. The van der Waals surface area contributed by atoms with Crippen molar-refractivity contribution in [3.05, 3.63) is 0 Å². The molecule has 1 unspecified atom stereocenters. The van der Waals surface area contributed by atoms with E-state index < -0.39 is 0 Å². The second kappa shape index (κ2) is 18.0. The van der Waals surface area contributed by atoms with E-state index in [1.54, 1.807) is 0 Å². The molecule has 0 aliphatic carbocycles. The van der Waals surface area contributed by atoms with E-state index >= 15 is 0 Å². The fraction of sp³-hybridized carbons (Fsp3) is 1.00. The Hall–Kier alpha value is 0. The summed E-state index contributed by atoms with van der Waals surface area (Å²) in [5.41, 5.74) is 0. The molecule has 0 aliphatic rings. The molecule has 0 rings (SSSR count). The largest absolute Gasteiger partial charge is 0.0654 e. The van der Waals surface area contributed by atoms with E-state index in [0.29, 0.717) is 0 Å². The highest BCUT2D eigenvalue weighted by atomic mass is 14.0. The third kappa shape index (κ3) is 20.5. The average Bonchev–Trinajstić information content (AvgIpc) is 2.36. The van der Waals surface area contributed by atoms with Crippen LogP contribution >= 0.6 is 0 Å². The Morgan fingerprint density at radius 3 is 1.26 bits per heavy atom. The molecule has 0 aromatic rings. The Balaban J connectivity index is 0. The van der Waals surface area contributed by atoms with Gasteiger partial charge in [0.2, 0.25) is 0 Å². The van der Waals surface area contributed by atoms with Crippen LogP contribution in [-0.2, 0) is 0 Å². The van der Waals surface area contributed by atoms with Crippen LogP contribution in [0, 0.1) is 11.8 Å². The van der Waals surface area contributed by atoms with Gasteiger partial charge in [0.25, 0.3) is 0 Å². The van der Waals surface area contributed by atoms with E-state index in [4.69, 9.17) is 0 Å². The maximum absolute atomic E-state index is 2.38. The van der Waals surface area contributed by atoms with Crippen molar-refractivity contribution in [2.45, 2.75) is 112 Å². The van der Waals surface area contributed by atoms with E-state index in [9.17, 15) is 0 Å². The van der Waals surface area contributed by atoms with E-state index in [0.717, 1.165) is 11.8 Å². The van der Waals surface area contributed by atoms with Gasteiger partial charge in [-0.2, -0.15) is 0 Å². The molecule has 0 N–H and O–H groups in total. The van der Waals surface area contributed by atoms with Crippen LogP contribution in [0.5, 0.6) is 0 Å². The Morgan fingerprint density at radius 1 is 0.474 bits per heavy atom. The lowest BCUT2D eigenvalue weighted by atomic mass is 9.98. The van der Waals surface area contributed by atoms with Crippen molar-refractivity contribution in [2.24, 2.45) is 11.8 Å². The monoisotopic (exact) mass is 270 g/mol. The van der Waals surface area contributed by atoms with Crippen LogP contribution in [0.1, 0.15) is 112 Å². The normalized spacial score (nSPS) is 12.2. The van der Waals surface area contributed by atoms with Gasteiger partial charge in [0.05, 0.1) is 0 Å². The first-order chi connectivity index (χ1) is 9.12. The second-order valence-corrected chi connectivity index (χ2v) is 6.43. The minimum atomic E-state index is 0.963. The third-order valence-electron chi connectivity index (χ3n) is 3.89. The van der Waals surface area contributed by atoms with Crippen molar-refractivity contribution in [1.29, 1.82) is 0 Å². The van der Waals surface area contributed by atoms with Gasteiger partial charge in [-0.15, -0.1) is 0 Å². The summed E-state index contributed by atoms with van der Waals surface area (Å²) in [6.07, 6.45) is 15.4. The van der Waals surface area contributed by atoms with Crippen LogP contribution in [0.15, 0.2) is 0 Å². The Labute approximate surface area is 124 Å². The second-order valence-electron chi connectivity index (χ2n) is 6.43. The van der Waals surface area contributed by atoms with Gasteiger partial charge in [-0.1, -0.05) is 112 Å². The highest BCUT2D eigenvalue weighted by Gasteiger charge is 1.99. The van der Waals surface area contributed by atoms with Crippen LogP contribution in [0.4, 0.5) is 0 Å². The van der Waals surface area contributed by atoms with Gasteiger partial charge in [0, 0.05) is 0 Å². The van der Waals surface area contributed by atoms with Gasteiger partial charge in [0.15, 0.2) is 0 Å². The molecule has 0 bridgehead atoms. The van der Waals surface area contributed by atoms with Crippen molar-refractivity contribution >= 4 is 0 Å². The van der Waals surface area contributed by atoms with Crippen molar-refractivity contribution in [1.82, 2.24) is 0 Å². The first-order valence-corrected chi connectivity index (χ1v) is 9.12. The molecule has 1 atom stereocenters. The van der Waals surface area contributed by atoms with E-state index in [1.807, 2.05) is 0 Å². The molecule has 0 aromatic carbocycles. The maximum Gasteiger partial charge on any atom is -0.0443 e. The molecule has 0 radical (unpaired) electrons. The summed E-state index contributed by atoms with van der Waals surface area (Å²) >= 11 is 0. The van der Waals surface area contributed by atoms with Crippen molar-refractivity contribution in [2.75, 3.05) is 0 Å². The van der Waals surface area contributed by atoms with Gasteiger partial charge >= 0.3 is 0 Å². The molecule has 0 spiro atoms. The van der Waals surface area contributed by atoms with Crippen LogP contribution < -0.4 is 0 Å². The van der Waals surface area contributed by atoms with Crippen LogP contribution in [0.3, 0.4) is 0 Å². The van der Waals surface area contributed by atoms with Crippen LogP contribution in [0.25, 0.3) is 0 Å². The lowest BCUT2D eigenvalue weighted by molar-refractivity contribution is 0.455. The summed E-state index contributed by atoms with van der Waals surface area (Å²) in [4.78, 5) is 0. The number of hydrogen-bond donors (Lipinski definition) is 0. The van der Waals surface area contributed by atoms with Gasteiger partial charge in [-0.05, 0) is 11.8 Å². The predicted molar refractivity (Wildman–Crippen MR) is 91.8 cm³/mol. The van der Waals surface area contributed by atoms with E-state index in [2.05, 4.69) is 41.5 Å². The predicted octanol–water partition coefficient (Wildman–Crippen LogP) is 7.62. The highest BCUT2D eigenvalue weighted by molar-refractivity contribution is 4.52. The fourth-order valence-electron chi connectivity index (χ4n) is 2.69. The number of unbranched alkanes of at least 4 members (excludes halogenated alkanes) is 3. The molecule has 0 fully saturated rings. The quantitative estimate of drug-likeness (QED) is 0.339. The smallest absolute Gasteiger partial charge is 0.0443 e. The average molecular weight is 271 g/mol. The summed E-state index contributed by atoms with van der Waals surface area (Å²) in [7, 11) is 0. The molecule has 19 heavy (non-hydrogen) atoms. The number of rotatable bonds is 11. The fourth-order valence-corrected chi connectivity index (χ4v) is 2.69. The summed E-state index contributed by atoms with van der Waals surface area (Å²) in [6, 6.07) is 0. The molecule has 118 valence electrons. The summed E-state index contributed by atoms with van der Waals surface area (Å²) in [6.45, 7) is 13.8. The lowest BCUT2D eigenvalue weighted by Crippen LogP contribution is -1.93. The van der Waals surface area contributed by atoms with Crippen LogP contribution in [-0.4, -0.2) is 0 Å². The van der Waals surface area contributed by atoms with Crippen molar-refractivity contribution in [3.8, 4) is 0 Å². The van der Waals surface area contributed by atoms with Crippen molar-refractivity contribution < 1.29 is 0 Å². The lowest BCUT2D eigenvalue weighted by Gasteiger charge is -2.08. The minimum absolute atomic E-state index is 0.963. The third-order valence-corrected chi connectivity index (χ3v) is 3.89. The SMILES string of the molecule is CCCC(C)CCC.CCCCCCC(C)CCC. The highest BCUT2D eigenvalue weighted by Crippen LogP contribution is 2.14. The van der Waals surface area contributed by atoms with Gasteiger partial charge in [-0.25, -0.2) is 0 Å². The summed E-state index contributed by atoms with van der Waals surface area (Å²) in [5.74, 6) is 1.93. The first-order valence-electron chi connectivity index (χ1n) is 9.12. The molecule has 0 nitrogen and oxygen atoms in total. The molecule has 0 heterocycles. The molecule has 0 aromatic heterocycles. The molecular formula is C19H42. The molecule has 0 saturated carbocycles. The molecule has 0 saturated heterocycles. The van der Waals surface area contributed by atoms with Gasteiger partial charge < -0.3 is 0 Å². The Bertz CT molecular complexity index is 133. The minimum Gasteiger partial charge on any atom is -0.0654 e. The number of hydrogen-bond acceptors (Lipinski definition) is 0. The van der Waals surface area contributed by atoms with Gasteiger partial charge in [0.1, 0.15) is 0 Å². The molecule has 0 heteroatoms.